The Morgan fingerprint density at radius 1 is 1.43 bits per heavy atom. The molecule has 0 saturated carbocycles. The van der Waals surface area contributed by atoms with Crippen molar-refractivity contribution in [3.05, 3.63) is 12.7 Å². The predicted molar refractivity (Wildman–Crippen MR) is 62.4 cm³/mol. The van der Waals surface area contributed by atoms with E-state index in [0.29, 0.717) is 12.0 Å². The molecule has 0 fully saturated rings. The SMILES string of the molecule is C=CCC(C)C(C)NC(C)(C)CCO. The minimum Gasteiger partial charge on any atom is -0.396 e. The van der Waals surface area contributed by atoms with Gasteiger partial charge in [0.15, 0.2) is 0 Å². The average Bonchev–Trinajstić information content (AvgIpc) is 2.03. The third-order valence-corrected chi connectivity index (χ3v) is 2.75. The maximum Gasteiger partial charge on any atom is 0.0448 e. The van der Waals surface area contributed by atoms with Crippen molar-refractivity contribution in [2.45, 2.75) is 52.1 Å². The van der Waals surface area contributed by atoms with Gasteiger partial charge in [-0.2, -0.15) is 0 Å². The van der Waals surface area contributed by atoms with E-state index in [2.05, 4.69) is 39.6 Å². The topological polar surface area (TPSA) is 32.3 Å². The summed E-state index contributed by atoms with van der Waals surface area (Å²) in [4.78, 5) is 0. The van der Waals surface area contributed by atoms with Crippen molar-refractivity contribution in [2.75, 3.05) is 6.61 Å². The lowest BCUT2D eigenvalue weighted by molar-refractivity contribution is 0.208. The highest BCUT2D eigenvalue weighted by Crippen LogP contribution is 2.14. The van der Waals surface area contributed by atoms with Gasteiger partial charge in [-0.05, 0) is 39.5 Å². The molecule has 2 unspecified atom stereocenters. The van der Waals surface area contributed by atoms with Crippen LogP contribution in [0.1, 0.15) is 40.5 Å². The molecular weight excluding hydrogens is 174 g/mol. The van der Waals surface area contributed by atoms with E-state index >= 15 is 0 Å². The van der Waals surface area contributed by atoms with Crippen LogP contribution >= 0.6 is 0 Å². The van der Waals surface area contributed by atoms with Crippen molar-refractivity contribution in [3.63, 3.8) is 0 Å². The molecule has 0 aromatic heterocycles. The van der Waals surface area contributed by atoms with Gasteiger partial charge in [0, 0.05) is 18.2 Å². The van der Waals surface area contributed by atoms with Crippen molar-refractivity contribution in [2.24, 2.45) is 5.92 Å². The van der Waals surface area contributed by atoms with Crippen molar-refractivity contribution >= 4 is 0 Å². The molecule has 0 spiro atoms. The van der Waals surface area contributed by atoms with Gasteiger partial charge in [-0.25, -0.2) is 0 Å². The van der Waals surface area contributed by atoms with Crippen LogP contribution in [0.5, 0.6) is 0 Å². The van der Waals surface area contributed by atoms with Gasteiger partial charge in [-0.1, -0.05) is 13.0 Å². The number of hydrogen-bond donors (Lipinski definition) is 2. The van der Waals surface area contributed by atoms with E-state index in [1.807, 2.05) is 6.08 Å². The maximum atomic E-state index is 8.90. The summed E-state index contributed by atoms with van der Waals surface area (Å²) >= 11 is 0. The molecule has 0 aliphatic carbocycles. The smallest absolute Gasteiger partial charge is 0.0448 e. The van der Waals surface area contributed by atoms with Crippen LogP contribution in [-0.2, 0) is 0 Å². The molecule has 84 valence electrons. The van der Waals surface area contributed by atoms with Crippen LogP contribution in [0.15, 0.2) is 12.7 Å². The van der Waals surface area contributed by atoms with Crippen molar-refractivity contribution in [3.8, 4) is 0 Å². The van der Waals surface area contributed by atoms with Crippen LogP contribution in [0.25, 0.3) is 0 Å². The van der Waals surface area contributed by atoms with E-state index in [-0.39, 0.29) is 12.1 Å². The third-order valence-electron chi connectivity index (χ3n) is 2.75. The fourth-order valence-corrected chi connectivity index (χ4v) is 1.58. The largest absolute Gasteiger partial charge is 0.396 e. The summed E-state index contributed by atoms with van der Waals surface area (Å²) in [5.41, 5.74) is 0.0175. The maximum absolute atomic E-state index is 8.90. The molecule has 0 amide bonds. The summed E-state index contributed by atoms with van der Waals surface area (Å²) in [5, 5.41) is 12.4. The first-order valence-corrected chi connectivity index (χ1v) is 5.42. The molecule has 2 heteroatoms. The monoisotopic (exact) mass is 199 g/mol. The summed E-state index contributed by atoms with van der Waals surface area (Å²) in [6.07, 6.45) is 3.78. The molecule has 0 aromatic carbocycles. The molecule has 0 aliphatic rings. The quantitative estimate of drug-likeness (QED) is 0.617. The second-order valence-electron chi connectivity index (χ2n) is 4.79. The lowest BCUT2D eigenvalue weighted by Gasteiger charge is -2.32. The highest BCUT2D eigenvalue weighted by Gasteiger charge is 2.21. The number of allylic oxidation sites excluding steroid dienone is 1. The molecule has 0 radical (unpaired) electrons. The van der Waals surface area contributed by atoms with E-state index in [0.717, 1.165) is 12.8 Å². The van der Waals surface area contributed by atoms with Gasteiger partial charge in [-0.15, -0.1) is 6.58 Å². The highest BCUT2D eigenvalue weighted by molar-refractivity contribution is 4.84. The van der Waals surface area contributed by atoms with Gasteiger partial charge < -0.3 is 10.4 Å². The summed E-state index contributed by atoms with van der Waals surface area (Å²) in [6.45, 7) is 12.6. The zero-order valence-electron chi connectivity index (χ0n) is 10.0. The Morgan fingerprint density at radius 2 is 2.00 bits per heavy atom. The number of hydrogen-bond acceptors (Lipinski definition) is 2. The Bertz CT molecular complexity index is 166. The van der Waals surface area contributed by atoms with Crippen molar-refractivity contribution in [1.29, 1.82) is 0 Å². The molecule has 0 aliphatic heterocycles. The fourth-order valence-electron chi connectivity index (χ4n) is 1.58. The predicted octanol–water partition coefficient (Wildman–Crippen LogP) is 2.34. The zero-order valence-corrected chi connectivity index (χ0v) is 10.0. The molecule has 0 saturated heterocycles. The summed E-state index contributed by atoms with van der Waals surface area (Å²) in [6, 6.07) is 0.453. The Balaban J connectivity index is 4.02. The Labute approximate surface area is 88.4 Å². The first kappa shape index (κ1) is 13.7. The number of aliphatic hydroxyl groups excluding tert-OH is 1. The minimum atomic E-state index is 0.0175. The Hall–Kier alpha value is -0.340. The molecule has 2 nitrogen and oxygen atoms in total. The Kier molecular flexibility index (Phi) is 6.05. The van der Waals surface area contributed by atoms with E-state index < -0.39 is 0 Å². The Morgan fingerprint density at radius 3 is 2.43 bits per heavy atom. The summed E-state index contributed by atoms with van der Waals surface area (Å²) < 4.78 is 0. The molecule has 14 heavy (non-hydrogen) atoms. The zero-order chi connectivity index (χ0) is 11.2. The van der Waals surface area contributed by atoms with Crippen LogP contribution in [0, 0.1) is 5.92 Å². The molecule has 0 bridgehead atoms. The fraction of sp³-hybridized carbons (Fsp3) is 0.833. The second kappa shape index (κ2) is 6.20. The first-order valence-electron chi connectivity index (χ1n) is 5.42. The van der Waals surface area contributed by atoms with Gasteiger partial charge in [0.25, 0.3) is 0 Å². The van der Waals surface area contributed by atoms with E-state index in [1.165, 1.54) is 0 Å². The molecule has 0 aromatic rings. The van der Waals surface area contributed by atoms with Crippen LogP contribution in [0.2, 0.25) is 0 Å². The lowest BCUT2D eigenvalue weighted by Crippen LogP contribution is -2.47. The van der Waals surface area contributed by atoms with Crippen LogP contribution in [-0.4, -0.2) is 23.3 Å². The van der Waals surface area contributed by atoms with Gasteiger partial charge >= 0.3 is 0 Å². The number of rotatable bonds is 7. The molecule has 0 heterocycles. The van der Waals surface area contributed by atoms with Crippen molar-refractivity contribution < 1.29 is 5.11 Å². The number of aliphatic hydroxyl groups is 1. The lowest BCUT2D eigenvalue weighted by atomic mass is 9.94. The third kappa shape index (κ3) is 5.40. The van der Waals surface area contributed by atoms with Crippen LogP contribution < -0.4 is 5.32 Å². The molecular formula is C12H25NO. The van der Waals surface area contributed by atoms with E-state index in [9.17, 15) is 0 Å². The van der Waals surface area contributed by atoms with Gasteiger partial charge in [-0.3, -0.25) is 0 Å². The number of nitrogens with one attached hydrogen (secondary N) is 1. The van der Waals surface area contributed by atoms with Crippen LogP contribution in [0.3, 0.4) is 0 Å². The van der Waals surface area contributed by atoms with Gasteiger partial charge in [0.1, 0.15) is 0 Å². The highest BCUT2D eigenvalue weighted by atomic mass is 16.3. The summed E-state index contributed by atoms with van der Waals surface area (Å²) in [5.74, 6) is 0.588. The standard InChI is InChI=1S/C12H25NO/c1-6-7-10(2)11(3)13-12(4,5)8-9-14/h6,10-11,13-14H,1,7-9H2,2-5H3. The van der Waals surface area contributed by atoms with Crippen LogP contribution in [0.4, 0.5) is 0 Å². The summed E-state index contributed by atoms with van der Waals surface area (Å²) in [7, 11) is 0. The first-order chi connectivity index (χ1) is 6.43. The second-order valence-corrected chi connectivity index (χ2v) is 4.79. The average molecular weight is 199 g/mol. The molecule has 2 atom stereocenters. The van der Waals surface area contributed by atoms with Gasteiger partial charge in [0.05, 0.1) is 0 Å². The minimum absolute atomic E-state index is 0.0175. The van der Waals surface area contributed by atoms with E-state index in [4.69, 9.17) is 5.11 Å². The van der Waals surface area contributed by atoms with Crippen molar-refractivity contribution in [1.82, 2.24) is 5.32 Å². The molecule has 2 N–H and O–H groups in total. The normalized spacial score (nSPS) is 16.4. The molecule has 0 rings (SSSR count). The van der Waals surface area contributed by atoms with Gasteiger partial charge in [0.2, 0.25) is 0 Å². The van der Waals surface area contributed by atoms with E-state index in [1.54, 1.807) is 0 Å².